The molecule has 1 unspecified atom stereocenters. The lowest BCUT2D eigenvalue weighted by molar-refractivity contribution is -0.144. The number of anilines is 1. The second-order valence-corrected chi connectivity index (χ2v) is 10.1. The molecule has 2 aromatic rings. The molecule has 2 atom stereocenters. The van der Waals surface area contributed by atoms with E-state index in [9.17, 15) is 14.7 Å². The van der Waals surface area contributed by atoms with Crippen LogP contribution in [0, 0.1) is 0 Å². The van der Waals surface area contributed by atoms with Gasteiger partial charge in [-0.05, 0) is 36.5 Å². The summed E-state index contributed by atoms with van der Waals surface area (Å²) >= 11 is 0. The number of piperidine rings is 1. The summed E-state index contributed by atoms with van der Waals surface area (Å²) in [5.74, 6) is 0.318. The highest BCUT2D eigenvalue weighted by Gasteiger charge is 2.38. The van der Waals surface area contributed by atoms with Gasteiger partial charge in [0.15, 0.2) is 0 Å². The van der Waals surface area contributed by atoms with Crippen molar-refractivity contribution < 1.29 is 14.7 Å². The van der Waals surface area contributed by atoms with Crippen molar-refractivity contribution in [3.63, 3.8) is 0 Å². The molecule has 0 radical (unpaired) electrons. The smallest absolute Gasteiger partial charge is 0.226 e. The highest BCUT2D eigenvalue weighted by molar-refractivity contribution is 5.78. The second-order valence-electron chi connectivity index (χ2n) is 10.1. The molecule has 8 heteroatoms. The van der Waals surface area contributed by atoms with Gasteiger partial charge in [0.1, 0.15) is 0 Å². The molecule has 2 heterocycles. The highest BCUT2D eigenvalue weighted by atomic mass is 16.3. The summed E-state index contributed by atoms with van der Waals surface area (Å²) < 4.78 is 0. The molecular formula is C28H39N5O3. The molecule has 2 aromatic carbocycles. The van der Waals surface area contributed by atoms with Crippen molar-refractivity contribution >= 4 is 17.5 Å². The molecule has 36 heavy (non-hydrogen) atoms. The number of para-hydroxylation sites is 1. The molecule has 2 saturated heterocycles. The van der Waals surface area contributed by atoms with Gasteiger partial charge in [-0.15, -0.1) is 0 Å². The normalized spacial score (nSPS) is 20.7. The van der Waals surface area contributed by atoms with Crippen LogP contribution in [0.15, 0.2) is 60.7 Å². The summed E-state index contributed by atoms with van der Waals surface area (Å²) in [6.45, 7) is 5.31. The first-order valence-electron chi connectivity index (χ1n) is 13.0. The number of aliphatic hydroxyl groups is 1. The summed E-state index contributed by atoms with van der Waals surface area (Å²) in [4.78, 5) is 29.1. The average Bonchev–Trinajstić information content (AvgIpc) is 2.89. The molecule has 194 valence electrons. The molecule has 2 fully saturated rings. The quantitative estimate of drug-likeness (QED) is 0.380. The predicted octanol–water partition coefficient (Wildman–Crippen LogP) is 2.34. The fraction of sp³-hybridized carbons (Fsp3) is 0.500. The number of carbonyl (C=O) groups is 2. The van der Waals surface area contributed by atoms with Gasteiger partial charge < -0.3 is 20.2 Å². The number of nitrogens with one attached hydrogen (secondary N) is 3. The molecule has 0 aliphatic carbocycles. The van der Waals surface area contributed by atoms with E-state index in [1.54, 1.807) is 4.90 Å². The average molecular weight is 494 g/mol. The van der Waals surface area contributed by atoms with Gasteiger partial charge in [0.2, 0.25) is 11.8 Å². The van der Waals surface area contributed by atoms with E-state index in [0.717, 1.165) is 24.3 Å². The molecule has 2 aliphatic rings. The van der Waals surface area contributed by atoms with E-state index in [0.29, 0.717) is 52.0 Å². The lowest BCUT2D eigenvalue weighted by Gasteiger charge is -2.43. The number of hydrogen-bond donors (Lipinski definition) is 4. The molecule has 0 bridgehead atoms. The van der Waals surface area contributed by atoms with Crippen LogP contribution in [0.5, 0.6) is 0 Å². The van der Waals surface area contributed by atoms with Crippen LogP contribution in [-0.2, 0) is 9.59 Å². The summed E-state index contributed by atoms with van der Waals surface area (Å²) in [7, 11) is 0. The van der Waals surface area contributed by atoms with Crippen LogP contribution in [0.25, 0.3) is 0 Å². The fourth-order valence-corrected chi connectivity index (χ4v) is 4.96. The minimum Gasteiger partial charge on any atom is -0.388 e. The molecule has 8 nitrogen and oxygen atoms in total. The van der Waals surface area contributed by atoms with E-state index < -0.39 is 5.60 Å². The zero-order valence-corrected chi connectivity index (χ0v) is 21.2. The minimum absolute atomic E-state index is 0.0332. The Morgan fingerprint density at radius 2 is 1.75 bits per heavy atom. The molecule has 4 N–H and O–H groups in total. The Hall–Kier alpha value is -2.94. The van der Waals surface area contributed by atoms with Gasteiger partial charge in [0.25, 0.3) is 0 Å². The number of benzene rings is 2. The maximum Gasteiger partial charge on any atom is 0.226 e. The Balaban J connectivity index is 1.16. The third-order valence-corrected chi connectivity index (χ3v) is 7.26. The van der Waals surface area contributed by atoms with Crippen LogP contribution in [0.2, 0.25) is 0 Å². The number of hydrogen-bond acceptors (Lipinski definition) is 6. The van der Waals surface area contributed by atoms with Crippen LogP contribution in [0.4, 0.5) is 5.69 Å². The molecule has 4 rings (SSSR count). The Morgan fingerprint density at radius 1 is 1.08 bits per heavy atom. The molecule has 0 saturated carbocycles. The third-order valence-electron chi connectivity index (χ3n) is 7.26. The summed E-state index contributed by atoms with van der Waals surface area (Å²) in [5.41, 5.74) is 1.28. The first-order chi connectivity index (χ1) is 17.4. The number of rotatable bonds is 10. The van der Waals surface area contributed by atoms with Gasteiger partial charge in [-0.1, -0.05) is 55.5 Å². The number of β-amino-alcohol motifs (C(OH)–C–C–N with tert-alkyl or cyclic N) is 1. The summed E-state index contributed by atoms with van der Waals surface area (Å²) in [6, 6.07) is 20.1. The highest BCUT2D eigenvalue weighted by Crippen LogP contribution is 2.26. The standard InChI is InChI=1S/C28H39N5O3/c1-22(23-8-4-2-5-9-23)18-26(34)32-16-12-28(36,13-17-32)20-33-21-31-25(19-27(33)35)30-15-14-29-24-10-6-3-7-11-24/h2-11,22,25,29-31,36H,12-21H2,1H3/t22-,25?/m1/s1. The SMILES string of the molecule is C[C@H](CC(=O)N1CCC(O)(CN2CNC(NCCNc3ccccc3)CC2=O)CC1)c1ccccc1. The van der Waals surface area contributed by atoms with Crippen LogP contribution in [0.3, 0.4) is 0 Å². The van der Waals surface area contributed by atoms with E-state index in [1.807, 2.05) is 53.4 Å². The van der Waals surface area contributed by atoms with Crippen LogP contribution in [-0.4, -0.2) is 77.9 Å². The zero-order valence-electron chi connectivity index (χ0n) is 21.2. The van der Waals surface area contributed by atoms with Crippen molar-refractivity contribution in [1.82, 2.24) is 20.4 Å². The van der Waals surface area contributed by atoms with Crippen molar-refractivity contribution in [3.8, 4) is 0 Å². The van der Waals surface area contributed by atoms with Gasteiger partial charge >= 0.3 is 0 Å². The fourth-order valence-electron chi connectivity index (χ4n) is 4.96. The van der Waals surface area contributed by atoms with Gasteiger partial charge in [-0.3, -0.25) is 20.2 Å². The Morgan fingerprint density at radius 3 is 2.42 bits per heavy atom. The second kappa shape index (κ2) is 12.3. The molecule has 2 amide bonds. The minimum atomic E-state index is -0.959. The number of nitrogens with zero attached hydrogens (tertiary/aromatic N) is 2. The lowest BCUT2D eigenvalue weighted by Crippen LogP contribution is -2.60. The number of likely N-dealkylation sites (tertiary alicyclic amines) is 1. The van der Waals surface area contributed by atoms with E-state index in [4.69, 9.17) is 0 Å². The maximum absolute atomic E-state index is 12.8. The Kier molecular flexibility index (Phi) is 8.96. The van der Waals surface area contributed by atoms with Gasteiger partial charge in [0.05, 0.1) is 31.4 Å². The van der Waals surface area contributed by atoms with Crippen molar-refractivity contribution in [3.05, 3.63) is 66.2 Å². The lowest BCUT2D eigenvalue weighted by atomic mass is 9.89. The van der Waals surface area contributed by atoms with Crippen LogP contribution in [0.1, 0.15) is 44.1 Å². The Bertz CT molecular complexity index is 979. The largest absolute Gasteiger partial charge is 0.388 e. The van der Waals surface area contributed by atoms with Gasteiger partial charge in [0, 0.05) is 38.3 Å². The molecular weight excluding hydrogens is 454 g/mol. The molecule has 2 aliphatic heterocycles. The third kappa shape index (κ3) is 7.29. The van der Waals surface area contributed by atoms with Crippen LogP contribution >= 0.6 is 0 Å². The van der Waals surface area contributed by atoms with Crippen LogP contribution < -0.4 is 16.0 Å². The summed E-state index contributed by atoms with van der Waals surface area (Å²) in [6.07, 6.45) is 1.70. The van der Waals surface area contributed by atoms with E-state index in [2.05, 4.69) is 35.0 Å². The van der Waals surface area contributed by atoms with Crippen molar-refractivity contribution in [2.45, 2.75) is 50.3 Å². The van der Waals surface area contributed by atoms with Gasteiger partial charge in [-0.2, -0.15) is 0 Å². The van der Waals surface area contributed by atoms with Crippen molar-refractivity contribution in [1.29, 1.82) is 0 Å². The first kappa shape index (κ1) is 26.1. The van der Waals surface area contributed by atoms with Crippen molar-refractivity contribution in [2.24, 2.45) is 0 Å². The molecule has 0 aromatic heterocycles. The number of amides is 2. The number of carbonyl (C=O) groups excluding carboxylic acids is 2. The molecule has 0 spiro atoms. The summed E-state index contributed by atoms with van der Waals surface area (Å²) in [5, 5.41) is 21.2. The maximum atomic E-state index is 12.8. The zero-order chi connectivity index (χ0) is 25.4. The van der Waals surface area contributed by atoms with E-state index in [-0.39, 0.29) is 23.9 Å². The Labute approximate surface area is 214 Å². The monoisotopic (exact) mass is 493 g/mol. The van der Waals surface area contributed by atoms with E-state index in [1.165, 1.54) is 0 Å². The van der Waals surface area contributed by atoms with Gasteiger partial charge in [-0.25, -0.2) is 0 Å². The van der Waals surface area contributed by atoms with E-state index >= 15 is 0 Å². The first-order valence-corrected chi connectivity index (χ1v) is 13.0. The predicted molar refractivity (Wildman–Crippen MR) is 141 cm³/mol. The van der Waals surface area contributed by atoms with Crippen molar-refractivity contribution in [2.75, 3.05) is 44.7 Å². The topological polar surface area (TPSA) is 96.9 Å².